The molecular formula is C17H23BrN2S. The molecule has 0 aliphatic carbocycles. The molecular weight excluding hydrogens is 344 g/mol. The fourth-order valence-electron chi connectivity index (χ4n) is 2.24. The first-order chi connectivity index (χ1) is 10.1. The lowest BCUT2D eigenvalue weighted by Crippen LogP contribution is -2.21. The monoisotopic (exact) mass is 366 g/mol. The fourth-order valence-corrected chi connectivity index (χ4v) is 3.58. The van der Waals surface area contributed by atoms with Gasteiger partial charge >= 0.3 is 0 Å². The molecule has 1 heterocycles. The molecule has 0 aliphatic heterocycles. The van der Waals surface area contributed by atoms with Crippen molar-refractivity contribution in [2.45, 2.75) is 32.9 Å². The summed E-state index contributed by atoms with van der Waals surface area (Å²) in [7, 11) is 2.15. The molecule has 0 saturated heterocycles. The number of anilines is 1. The molecule has 0 amide bonds. The molecule has 0 radical (unpaired) electrons. The Morgan fingerprint density at radius 3 is 2.76 bits per heavy atom. The van der Waals surface area contributed by atoms with E-state index in [9.17, 15) is 0 Å². The molecule has 2 rings (SSSR count). The summed E-state index contributed by atoms with van der Waals surface area (Å²) in [5.41, 5.74) is 2.55. The zero-order valence-electron chi connectivity index (χ0n) is 12.9. The van der Waals surface area contributed by atoms with E-state index in [0.29, 0.717) is 6.04 Å². The summed E-state index contributed by atoms with van der Waals surface area (Å²) < 4.78 is 1.17. The molecule has 0 aliphatic rings. The van der Waals surface area contributed by atoms with Crippen LogP contribution in [-0.4, -0.2) is 13.6 Å². The summed E-state index contributed by atoms with van der Waals surface area (Å²) in [6.07, 6.45) is 1.16. The van der Waals surface area contributed by atoms with Gasteiger partial charge in [0.05, 0.1) is 6.04 Å². The molecule has 0 saturated carbocycles. The summed E-state index contributed by atoms with van der Waals surface area (Å²) in [6.45, 7) is 6.41. The van der Waals surface area contributed by atoms with Crippen molar-refractivity contribution in [3.05, 3.63) is 50.6 Å². The smallest absolute Gasteiger partial charge is 0.0603 e. The van der Waals surface area contributed by atoms with Gasteiger partial charge in [0.1, 0.15) is 0 Å². The van der Waals surface area contributed by atoms with Crippen LogP contribution in [0.3, 0.4) is 0 Å². The molecule has 2 aromatic rings. The standard InChI is InChI=1S/C17H23BrN2S/c1-4-9-19-12-14-7-8-15(11-16(14)18)20(3)13(2)17-6-5-10-21-17/h5-8,10-11,13,19H,4,9,12H2,1-3H3. The first-order valence-electron chi connectivity index (χ1n) is 7.38. The number of thiophene rings is 1. The Kier molecular flexibility index (Phi) is 6.27. The number of benzene rings is 1. The largest absolute Gasteiger partial charge is 0.367 e. The molecule has 1 unspecified atom stereocenters. The Labute approximate surface area is 140 Å². The van der Waals surface area contributed by atoms with Gasteiger partial charge in [-0.15, -0.1) is 11.3 Å². The topological polar surface area (TPSA) is 15.3 Å². The van der Waals surface area contributed by atoms with E-state index in [1.165, 1.54) is 20.6 Å². The summed E-state index contributed by atoms with van der Waals surface area (Å²) >= 11 is 5.51. The quantitative estimate of drug-likeness (QED) is 0.676. The number of nitrogens with one attached hydrogen (secondary N) is 1. The lowest BCUT2D eigenvalue weighted by Gasteiger charge is -2.27. The molecule has 0 fully saturated rings. The first-order valence-corrected chi connectivity index (χ1v) is 9.06. The summed E-state index contributed by atoms with van der Waals surface area (Å²) in [6, 6.07) is 11.3. The van der Waals surface area contributed by atoms with Crippen molar-refractivity contribution in [2.75, 3.05) is 18.5 Å². The minimum Gasteiger partial charge on any atom is -0.367 e. The highest BCUT2D eigenvalue weighted by molar-refractivity contribution is 9.10. The van der Waals surface area contributed by atoms with Crippen molar-refractivity contribution in [3.8, 4) is 0 Å². The first kappa shape index (κ1) is 16.5. The van der Waals surface area contributed by atoms with Gasteiger partial charge in [-0.1, -0.05) is 35.0 Å². The van der Waals surface area contributed by atoms with Gasteiger partial charge in [-0.3, -0.25) is 0 Å². The maximum absolute atomic E-state index is 3.70. The van der Waals surface area contributed by atoms with Crippen LogP contribution in [0.2, 0.25) is 0 Å². The molecule has 114 valence electrons. The SMILES string of the molecule is CCCNCc1ccc(N(C)C(C)c2cccs2)cc1Br. The molecule has 1 aromatic heterocycles. The van der Waals surface area contributed by atoms with E-state index >= 15 is 0 Å². The van der Waals surface area contributed by atoms with Crippen LogP contribution in [0.25, 0.3) is 0 Å². The zero-order valence-corrected chi connectivity index (χ0v) is 15.3. The predicted octanol–water partition coefficient (Wildman–Crippen LogP) is 5.21. The Balaban J connectivity index is 2.08. The van der Waals surface area contributed by atoms with E-state index < -0.39 is 0 Å². The number of hydrogen-bond acceptors (Lipinski definition) is 3. The lowest BCUT2D eigenvalue weighted by molar-refractivity contribution is 0.673. The number of nitrogens with zero attached hydrogens (tertiary/aromatic N) is 1. The van der Waals surface area contributed by atoms with E-state index in [0.717, 1.165) is 19.5 Å². The van der Waals surface area contributed by atoms with Gasteiger partial charge in [0, 0.05) is 28.6 Å². The molecule has 2 nitrogen and oxygen atoms in total. The van der Waals surface area contributed by atoms with Gasteiger partial charge in [-0.05, 0) is 49.0 Å². The lowest BCUT2D eigenvalue weighted by atomic mass is 10.1. The number of rotatable bonds is 7. The van der Waals surface area contributed by atoms with Crippen molar-refractivity contribution in [3.63, 3.8) is 0 Å². The fraction of sp³-hybridized carbons (Fsp3) is 0.412. The van der Waals surface area contributed by atoms with E-state index in [2.05, 4.69) is 82.8 Å². The molecule has 1 atom stereocenters. The van der Waals surface area contributed by atoms with E-state index in [1.54, 1.807) is 0 Å². The summed E-state index contributed by atoms with van der Waals surface area (Å²) in [5.74, 6) is 0. The van der Waals surface area contributed by atoms with Crippen LogP contribution in [0.4, 0.5) is 5.69 Å². The minimum absolute atomic E-state index is 0.390. The maximum atomic E-state index is 3.70. The van der Waals surface area contributed by atoms with E-state index in [4.69, 9.17) is 0 Å². The molecule has 1 N–H and O–H groups in total. The number of hydrogen-bond donors (Lipinski definition) is 1. The molecule has 0 spiro atoms. The van der Waals surface area contributed by atoms with E-state index in [1.807, 2.05) is 11.3 Å². The van der Waals surface area contributed by atoms with E-state index in [-0.39, 0.29) is 0 Å². The van der Waals surface area contributed by atoms with Gasteiger partial charge in [-0.2, -0.15) is 0 Å². The van der Waals surface area contributed by atoms with Gasteiger partial charge < -0.3 is 10.2 Å². The number of halogens is 1. The Bertz CT molecular complexity index is 554. The third-order valence-corrected chi connectivity index (χ3v) is 5.50. The van der Waals surface area contributed by atoms with Crippen LogP contribution >= 0.6 is 27.3 Å². The second kappa shape index (κ2) is 7.97. The van der Waals surface area contributed by atoms with Gasteiger partial charge in [-0.25, -0.2) is 0 Å². The summed E-state index contributed by atoms with van der Waals surface area (Å²) in [5, 5.41) is 5.58. The van der Waals surface area contributed by atoms with Crippen LogP contribution in [0.1, 0.15) is 36.8 Å². The highest BCUT2D eigenvalue weighted by Crippen LogP contribution is 2.30. The van der Waals surface area contributed by atoms with Crippen LogP contribution < -0.4 is 10.2 Å². The van der Waals surface area contributed by atoms with Gasteiger partial charge in [0.15, 0.2) is 0 Å². The molecule has 4 heteroatoms. The van der Waals surface area contributed by atoms with Gasteiger partial charge in [0.2, 0.25) is 0 Å². The van der Waals surface area contributed by atoms with Crippen molar-refractivity contribution >= 4 is 33.0 Å². The molecule has 1 aromatic carbocycles. The third-order valence-electron chi connectivity index (χ3n) is 3.72. The van der Waals surface area contributed by atoms with Crippen LogP contribution in [0.15, 0.2) is 40.2 Å². The van der Waals surface area contributed by atoms with Crippen LogP contribution in [0.5, 0.6) is 0 Å². The van der Waals surface area contributed by atoms with Gasteiger partial charge in [0.25, 0.3) is 0 Å². The maximum Gasteiger partial charge on any atom is 0.0603 e. The second-order valence-corrected chi connectivity index (χ2v) is 7.09. The zero-order chi connectivity index (χ0) is 15.2. The third kappa shape index (κ3) is 4.31. The van der Waals surface area contributed by atoms with Crippen molar-refractivity contribution in [1.29, 1.82) is 0 Å². The second-order valence-electron chi connectivity index (χ2n) is 5.25. The average Bonchev–Trinajstić information content (AvgIpc) is 3.02. The van der Waals surface area contributed by atoms with Crippen molar-refractivity contribution < 1.29 is 0 Å². The van der Waals surface area contributed by atoms with Crippen molar-refractivity contribution in [2.24, 2.45) is 0 Å². The van der Waals surface area contributed by atoms with Crippen LogP contribution in [-0.2, 0) is 6.54 Å². The highest BCUT2D eigenvalue weighted by Gasteiger charge is 2.14. The molecule has 0 bridgehead atoms. The highest BCUT2D eigenvalue weighted by atomic mass is 79.9. The average molecular weight is 367 g/mol. The van der Waals surface area contributed by atoms with Crippen molar-refractivity contribution in [1.82, 2.24) is 5.32 Å². The Hall–Kier alpha value is -0.840. The minimum atomic E-state index is 0.390. The summed E-state index contributed by atoms with van der Waals surface area (Å²) in [4.78, 5) is 3.71. The molecule has 21 heavy (non-hydrogen) atoms. The Morgan fingerprint density at radius 1 is 1.33 bits per heavy atom. The normalized spacial score (nSPS) is 12.4. The van der Waals surface area contributed by atoms with Crippen LogP contribution in [0, 0.1) is 0 Å². The Morgan fingerprint density at radius 2 is 2.14 bits per heavy atom. The predicted molar refractivity (Wildman–Crippen MR) is 97.3 cm³/mol.